The van der Waals surface area contributed by atoms with Crippen LogP contribution in [0, 0.1) is 0 Å². The molecular weight excluding hydrogens is 344 g/mol. The number of unbranched alkanes of at least 4 members (excludes halogenated alkanes) is 14. The minimum atomic E-state index is -0.833. The van der Waals surface area contributed by atoms with Gasteiger partial charge in [0.1, 0.15) is 0 Å². The highest BCUT2D eigenvalue weighted by Crippen LogP contribution is 2.10. The van der Waals surface area contributed by atoms with Crippen molar-refractivity contribution in [2.24, 2.45) is 0 Å². The molecule has 0 aromatic rings. The van der Waals surface area contributed by atoms with Crippen molar-refractivity contribution in [1.82, 2.24) is 0 Å². The van der Waals surface area contributed by atoms with Gasteiger partial charge >= 0.3 is 0 Å². The fraction of sp³-hybridized carbons (Fsp3) is 0.955. The SMILES string of the molecule is CC(=O)O.OCCCCCCCCCCOCCCCCCCCCCO. The second-order valence-electron chi connectivity index (χ2n) is 7.24. The van der Waals surface area contributed by atoms with Crippen LogP contribution in [-0.2, 0) is 9.53 Å². The second-order valence-corrected chi connectivity index (χ2v) is 7.24. The normalized spacial score (nSPS) is 10.5. The molecule has 0 aromatic heterocycles. The maximum atomic E-state index is 9.00. The predicted molar refractivity (Wildman–Crippen MR) is 112 cm³/mol. The van der Waals surface area contributed by atoms with Crippen LogP contribution >= 0.6 is 0 Å². The Morgan fingerprint density at radius 2 is 0.778 bits per heavy atom. The van der Waals surface area contributed by atoms with E-state index >= 15 is 0 Å². The molecule has 5 nitrogen and oxygen atoms in total. The van der Waals surface area contributed by atoms with Crippen LogP contribution in [0.15, 0.2) is 0 Å². The molecule has 0 atom stereocenters. The molecule has 0 rings (SSSR count). The number of carboxylic acid groups (broad SMARTS) is 1. The van der Waals surface area contributed by atoms with E-state index in [0.29, 0.717) is 13.2 Å². The number of rotatable bonds is 20. The van der Waals surface area contributed by atoms with Crippen LogP contribution in [0.1, 0.15) is 110 Å². The van der Waals surface area contributed by atoms with Crippen LogP contribution < -0.4 is 0 Å². The topological polar surface area (TPSA) is 87.0 Å². The van der Waals surface area contributed by atoms with Crippen molar-refractivity contribution in [3.05, 3.63) is 0 Å². The van der Waals surface area contributed by atoms with Gasteiger partial charge in [-0.2, -0.15) is 0 Å². The van der Waals surface area contributed by atoms with Crippen LogP contribution in [0.25, 0.3) is 0 Å². The molecule has 0 saturated carbocycles. The molecule has 0 saturated heterocycles. The first-order valence-electron chi connectivity index (χ1n) is 11.1. The third-order valence-corrected chi connectivity index (χ3v) is 4.39. The van der Waals surface area contributed by atoms with E-state index < -0.39 is 5.97 Å². The Balaban J connectivity index is 0. The van der Waals surface area contributed by atoms with Gasteiger partial charge in [-0.15, -0.1) is 0 Å². The van der Waals surface area contributed by atoms with Crippen molar-refractivity contribution >= 4 is 5.97 Å². The van der Waals surface area contributed by atoms with E-state index in [1.54, 1.807) is 0 Å². The summed E-state index contributed by atoms with van der Waals surface area (Å²) in [6, 6.07) is 0. The third kappa shape index (κ3) is 36.9. The lowest BCUT2D eigenvalue weighted by Gasteiger charge is -2.05. The Morgan fingerprint density at radius 1 is 0.556 bits per heavy atom. The summed E-state index contributed by atoms with van der Waals surface area (Å²) >= 11 is 0. The number of aliphatic carboxylic acids is 1. The van der Waals surface area contributed by atoms with Crippen molar-refractivity contribution in [2.75, 3.05) is 26.4 Å². The van der Waals surface area contributed by atoms with E-state index in [-0.39, 0.29) is 0 Å². The molecule has 0 bridgehead atoms. The summed E-state index contributed by atoms with van der Waals surface area (Å²) in [7, 11) is 0. The standard InChI is InChI=1S/C20H42O3.C2H4O2/c21-17-13-9-5-1-3-7-11-15-19-23-20-16-12-8-4-2-6-10-14-18-22;1-2(3)4/h21-22H,1-20H2;1H3,(H,3,4). The van der Waals surface area contributed by atoms with E-state index in [1.165, 1.54) is 89.9 Å². The molecule has 5 heteroatoms. The molecule has 0 aliphatic heterocycles. The van der Waals surface area contributed by atoms with Crippen molar-refractivity contribution < 1.29 is 24.9 Å². The number of hydrogen-bond donors (Lipinski definition) is 3. The molecule has 0 aromatic carbocycles. The summed E-state index contributed by atoms with van der Waals surface area (Å²) in [5.74, 6) is -0.833. The molecule has 0 fully saturated rings. The van der Waals surface area contributed by atoms with Gasteiger partial charge in [0.25, 0.3) is 5.97 Å². The zero-order chi connectivity index (χ0) is 20.4. The largest absolute Gasteiger partial charge is 0.481 e. The first kappa shape index (κ1) is 28.6. The third-order valence-electron chi connectivity index (χ3n) is 4.39. The molecule has 0 heterocycles. The Kier molecular flexibility index (Phi) is 29.2. The first-order valence-corrected chi connectivity index (χ1v) is 11.1. The maximum Gasteiger partial charge on any atom is 0.300 e. The fourth-order valence-electron chi connectivity index (χ4n) is 2.86. The van der Waals surface area contributed by atoms with Crippen LogP contribution in [-0.4, -0.2) is 47.7 Å². The highest BCUT2D eigenvalue weighted by molar-refractivity contribution is 5.62. The van der Waals surface area contributed by atoms with Crippen molar-refractivity contribution in [3.63, 3.8) is 0 Å². The van der Waals surface area contributed by atoms with Gasteiger partial charge in [0.05, 0.1) is 0 Å². The Hall–Kier alpha value is -0.650. The molecule has 0 unspecified atom stereocenters. The Morgan fingerprint density at radius 3 is 1.04 bits per heavy atom. The molecule has 0 radical (unpaired) electrons. The smallest absolute Gasteiger partial charge is 0.300 e. The number of aliphatic hydroxyl groups is 2. The lowest BCUT2D eigenvalue weighted by molar-refractivity contribution is -0.134. The highest BCUT2D eigenvalue weighted by atomic mass is 16.5. The Labute approximate surface area is 167 Å². The zero-order valence-corrected chi connectivity index (χ0v) is 17.8. The molecule has 27 heavy (non-hydrogen) atoms. The number of carboxylic acids is 1. The fourth-order valence-corrected chi connectivity index (χ4v) is 2.86. The second kappa shape index (κ2) is 27.6. The van der Waals surface area contributed by atoms with Crippen molar-refractivity contribution in [3.8, 4) is 0 Å². The lowest BCUT2D eigenvalue weighted by Crippen LogP contribution is -1.97. The maximum absolute atomic E-state index is 9.00. The summed E-state index contributed by atoms with van der Waals surface area (Å²) in [4.78, 5) is 9.00. The van der Waals surface area contributed by atoms with Crippen LogP contribution in [0.2, 0.25) is 0 Å². The van der Waals surface area contributed by atoms with Gasteiger partial charge in [-0.3, -0.25) is 4.79 Å². The van der Waals surface area contributed by atoms with E-state index in [1.807, 2.05) is 0 Å². The predicted octanol–water partition coefficient (Wildman–Crippen LogP) is 5.32. The van der Waals surface area contributed by atoms with Gasteiger partial charge in [0, 0.05) is 33.4 Å². The molecule has 0 aliphatic carbocycles. The van der Waals surface area contributed by atoms with Gasteiger partial charge in [-0.1, -0.05) is 77.0 Å². The zero-order valence-electron chi connectivity index (χ0n) is 17.8. The summed E-state index contributed by atoms with van der Waals surface area (Å²) in [6.07, 6.45) is 19.9. The number of hydrogen-bond acceptors (Lipinski definition) is 4. The van der Waals surface area contributed by atoms with E-state index in [0.717, 1.165) is 33.0 Å². The highest BCUT2D eigenvalue weighted by Gasteiger charge is 1.95. The first-order chi connectivity index (χ1) is 13.1. The molecule has 0 spiro atoms. The van der Waals surface area contributed by atoms with Gasteiger partial charge in [0.2, 0.25) is 0 Å². The molecule has 3 N–H and O–H groups in total. The van der Waals surface area contributed by atoms with Gasteiger partial charge in [-0.25, -0.2) is 0 Å². The van der Waals surface area contributed by atoms with Crippen LogP contribution in [0.3, 0.4) is 0 Å². The van der Waals surface area contributed by atoms with Crippen LogP contribution in [0.4, 0.5) is 0 Å². The van der Waals surface area contributed by atoms with E-state index in [2.05, 4.69) is 0 Å². The van der Waals surface area contributed by atoms with Crippen molar-refractivity contribution in [2.45, 2.75) is 110 Å². The monoisotopic (exact) mass is 390 g/mol. The summed E-state index contributed by atoms with van der Waals surface area (Å²) in [6.45, 7) is 3.65. The average Bonchev–Trinajstić information content (AvgIpc) is 2.63. The summed E-state index contributed by atoms with van der Waals surface area (Å²) < 4.78 is 5.70. The number of carbonyl (C=O) groups is 1. The summed E-state index contributed by atoms with van der Waals surface area (Å²) in [5, 5.41) is 24.8. The minimum absolute atomic E-state index is 0.349. The molecular formula is C22H46O5. The average molecular weight is 391 g/mol. The minimum Gasteiger partial charge on any atom is -0.481 e. The van der Waals surface area contributed by atoms with Crippen LogP contribution in [0.5, 0.6) is 0 Å². The molecule has 0 aliphatic rings. The van der Waals surface area contributed by atoms with Crippen molar-refractivity contribution in [1.29, 1.82) is 0 Å². The quantitative estimate of drug-likeness (QED) is 0.245. The Bertz CT molecular complexity index is 247. The molecule has 164 valence electrons. The molecule has 0 amide bonds. The number of aliphatic hydroxyl groups excluding tert-OH is 2. The van der Waals surface area contributed by atoms with Gasteiger partial charge in [-0.05, 0) is 25.7 Å². The van der Waals surface area contributed by atoms with Gasteiger partial charge in [0.15, 0.2) is 0 Å². The lowest BCUT2D eigenvalue weighted by atomic mass is 10.1. The summed E-state index contributed by atoms with van der Waals surface area (Å²) in [5.41, 5.74) is 0. The van der Waals surface area contributed by atoms with E-state index in [4.69, 9.17) is 24.9 Å². The van der Waals surface area contributed by atoms with E-state index in [9.17, 15) is 0 Å². The van der Waals surface area contributed by atoms with Gasteiger partial charge < -0.3 is 20.1 Å². The number of ether oxygens (including phenoxy) is 1.